The van der Waals surface area contributed by atoms with E-state index >= 15 is 0 Å². The van der Waals surface area contributed by atoms with Crippen LogP contribution in [0.2, 0.25) is 0 Å². The quantitative estimate of drug-likeness (QED) is 0.660. The number of carbonyl (C=O) groups excluding carboxylic acids is 1. The Morgan fingerprint density at radius 2 is 2.07 bits per heavy atom. The van der Waals surface area contributed by atoms with Gasteiger partial charge in [0, 0.05) is 18.3 Å². The van der Waals surface area contributed by atoms with Crippen LogP contribution < -0.4 is 0 Å². The molecule has 1 aliphatic heterocycles. The van der Waals surface area contributed by atoms with E-state index in [0.717, 1.165) is 12.1 Å². The SMILES string of the molecule is CCN1CC(Cn2ncc3ncc(-c4ccc(F)c(C(F)F)c4)cc32)OC1=O. The first kappa shape index (κ1) is 18.3. The summed E-state index contributed by atoms with van der Waals surface area (Å²) >= 11 is 0. The van der Waals surface area contributed by atoms with Gasteiger partial charge in [0.05, 0.1) is 30.4 Å². The van der Waals surface area contributed by atoms with Crippen LogP contribution in [-0.4, -0.2) is 45.0 Å². The maximum Gasteiger partial charge on any atom is 0.410 e. The molecule has 6 nitrogen and oxygen atoms in total. The molecule has 0 spiro atoms. The highest BCUT2D eigenvalue weighted by Gasteiger charge is 2.30. The Hall–Kier alpha value is -3.10. The summed E-state index contributed by atoms with van der Waals surface area (Å²) in [4.78, 5) is 17.6. The van der Waals surface area contributed by atoms with Gasteiger partial charge in [-0.3, -0.25) is 9.67 Å². The molecule has 0 bridgehead atoms. The summed E-state index contributed by atoms with van der Waals surface area (Å²) in [6.45, 7) is 3.26. The van der Waals surface area contributed by atoms with E-state index in [9.17, 15) is 18.0 Å². The molecule has 1 fully saturated rings. The Kier molecular flexibility index (Phi) is 4.66. The number of benzene rings is 1. The molecule has 1 amide bonds. The molecule has 1 atom stereocenters. The fraction of sp³-hybridized carbons (Fsp3) is 0.316. The summed E-state index contributed by atoms with van der Waals surface area (Å²) in [5.74, 6) is -0.943. The van der Waals surface area contributed by atoms with E-state index in [1.807, 2.05) is 6.92 Å². The summed E-state index contributed by atoms with van der Waals surface area (Å²) in [6.07, 6.45) is -0.474. The topological polar surface area (TPSA) is 60.3 Å². The molecule has 3 heterocycles. The van der Waals surface area contributed by atoms with E-state index in [1.54, 1.807) is 21.8 Å². The standard InChI is InChI=1S/C19H17F3N4O2/c1-2-25-9-13(28-19(25)27)10-26-17-6-12(7-23-16(17)8-24-26)11-3-4-15(20)14(5-11)18(21)22/h3-8,13,18H,2,9-10H2,1H3. The second kappa shape index (κ2) is 7.14. The molecule has 1 aliphatic rings. The van der Waals surface area contributed by atoms with Crippen molar-refractivity contribution in [2.75, 3.05) is 13.1 Å². The monoisotopic (exact) mass is 390 g/mol. The number of nitrogens with zero attached hydrogens (tertiary/aromatic N) is 4. The lowest BCUT2D eigenvalue weighted by Crippen LogP contribution is -2.26. The Morgan fingerprint density at radius 1 is 1.25 bits per heavy atom. The number of amides is 1. The van der Waals surface area contributed by atoms with Gasteiger partial charge in [-0.05, 0) is 30.7 Å². The first-order valence-corrected chi connectivity index (χ1v) is 8.81. The lowest BCUT2D eigenvalue weighted by molar-refractivity contribution is 0.124. The minimum absolute atomic E-state index is 0.338. The molecule has 3 aromatic rings. The van der Waals surface area contributed by atoms with Gasteiger partial charge in [-0.1, -0.05) is 6.07 Å². The van der Waals surface area contributed by atoms with E-state index in [1.165, 1.54) is 12.3 Å². The van der Waals surface area contributed by atoms with E-state index in [2.05, 4.69) is 10.1 Å². The molecule has 0 saturated carbocycles. The van der Waals surface area contributed by atoms with E-state index < -0.39 is 17.8 Å². The highest BCUT2D eigenvalue weighted by Crippen LogP contribution is 2.29. The first-order valence-electron chi connectivity index (χ1n) is 8.81. The molecule has 2 aromatic heterocycles. The number of aromatic nitrogens is 3. The smallest absolute Gasteiger partial charge is 0.410 e. The summed E-state index contributed by atoms with van der Waals surface area (Å²) in [7, 11) is 0. The molecule has 0 aliphatic carbocycles. The van der Waals surface area contributed by atoms with Crippen LogP contribution >= 0.6 is 0 Å². The second-order valence-electron chi connectivity index (χ2n) is 6.54. The summed E-state index contributed by atoms with van der Waals surface area (Å²) in [5, 5.41) is 4.29. The van der Waals surface area contributed by atoms with Gasteiger partial charge in [0.2, 0.25) is 0 Å². The van der Waals surface area contributed by atoms with Crippen LogP contribution in [0.15, 0.2) is 36.7 Å². The predicted molar refractivity (Wildman–Crippen MR) is 95.4 cm³/mol. The van der Waals surface area contributed by atoms with Crippen LogP contribution in [0.3, 0.4) is 0 Å². The van der Waals surface area contributed by atoms with Crippen LogP contribution in [0.25, 0.3) is 22.2 Å². The predicted octanol–water partition coefficient (Wildman–Crippen LogP) is 4.02. The van der Waals surface area contributed by atoms with Crippen molar-refractivity contribution in [2.24, 2.45) is 0 Å². The number of ether oxygens (including phenoxy) is 1. The van der Waals surface area contributed by atoms with Crippen molar-refractivity contribution in [1.82, 2.24) is 19.7 Å². The minimum Gasteiger partial charge on any atom is -0.442 e. The third-order valence-electron chi connectivity index (χ3n) is 4.77. The number of halogens is 3. The van der Waals surface area contributed by atoms with Crippen molar-refractivity contribution >= 4 is 17.1 Å². The molecule has 146 valence electrons. The lowest BCUT2D eigenvalue weighted by atomic mass is 10.0. The number of rotatable bonds is 5. The van der Waals surface area contributed by atoms with Crippen molar-refractivity contribution in [2.45, 2.75) is 26.0 Å². The Balaban J connectivity index is 1.65. The van der Waals surface area contributed by atoms with E-state index in [-0.39, 0.29) is 12.2 Å². The molecule has 9 heteroatoms. The number of carbonyl (C=O) groups is 1. The molecule has 0 N–H and O–H groups in total. The number of hydrogen-bond acceptors (Lipinski definition) is 4. The summed E-state index contributed by atoms with van der Waals surface area (Å²) in [5.41, 5.74) is 1.64. The van der Waals surface area contributed by atoms with Crippen molar-refractivity contribution in [3.63, 3.8) is 0 Å². The first-order chi connectivity index (χ1) is 13.5. The second-order valence-corrected chi connectivity index (χ2v) is 6.54. The highest BCUT2D eigenvalue weighted by atomic mass is 19.3. The summed E-state index contributed by atoms with van der Waals surface area (Å²) in [6, 6.07) is 5.34. The van der Waals surface area contributed by atoms with Crippen LogP contribution in [0.1, 0.15) is 18.9 Å². The number of hydrogen-bond donors (Lipinski definition) is 0. The van der Waals surface area contributed by atoms with Crippen molar-refractivity contribution in [3.05, 3.63) is 48.0 Å². The fourth-order valence-corrected chi connectivity index (χ4v) is 3.27. The average molecular weight is 390 g/mol. The zero-order valence-corrected chi connectivity index (χ0v) is 15.0. The molecule has 0 radical (unpaired) electrons. The fourth-order valence-electron chi connectivity index (χ4n) is 3.27. The van der Waals surface area contributed by atoms with E-state index in [0.29, 0.717) is 41.8 Å². The molecular formula is C19H17F3N4O2. The molecule has 28 heavy (non-hydrogen) atoms. The molecular weight excluding hydrogens is 373 g/mol. The third kappa shape index (κ3) is 3.28. The zero-order chi connectivity index (χ0) is 19.8. The molecule has 1 unspecified atom stereocenters. The van der Waals surface area contributed by atoms with E-state index in [4.69, 9.17) is 4.74 Å². The average Bonchev–Trinajstić information content (AvgIpc) is 3.24. The molecule has 4 rings (SSSR count). The van der Waals surface area contributed by atoms with Crippen molar-refractivity contribution < 1.29 is 22.7 Å². The zero-order valence-electron chi connectivity index (χ0n) is 15.0. The normalized spacial score (nSPS) is 17.0. The Labute approximate surface area is 158 Å². The number of pyridine rings is 1. The molecule has 1 saturated heterocycles. The Bertz CT molecular complexity index is 1040. The van der Waals surface area contributed by atoms with Gasteiger partial charge in [-0.2, -0.15) is 5.10 Å². The van der Waals surface area contributed by atoms with Gasteiger partial charge in [0.1, 0.15) is 17.4 Å². The highest BCUT2D eigenvalue weighted by molar-refractivity contribution is 5.80. The maximum absolute atomic E-state index is 13.6. The van der Waals surface area contributed by atoms with Crippen LogP contribution in [0.4, 0.5) is 18.0 Å². The van der Waals surface area contributed by atoms with Crippen LogP contribution in [0.5, 0.6) is 0 Å². The van der Waals surface area contributed by atoms with Gasteiger partial charge >= 0.3 is 6.09 Å². The van der Waals surface area contributed by atoms with Gasteiger partial charge in [0.15, 0.2) is 0 Å². The van der Waals surface area contributed by atoms with Gasteiger partial charge in [-0.15, -0.1) is 0 Å². The number of fused-ring (bicyclic) bond motifs is 1. The van der Waals surface area contributed by atoms with Crippen molar-refractivity contribution in [3.8, 4) is 11.1 Å². The number of cyclic esters (lactones) is 1. The largest absolute Gasteiger partial charge is 0.442 e. The Morgan fingerprint density at radius 3 is 2.79 bits per heavy atom. The van der Waals surface area contributed by atoms with Gasteiger partial charge < -0.3 is 9.64 Å². The number of alkyl halides is 2. The molecule has 1 aromatic carbocycles. The lowest BCUT2D eigenvalue weighted by Gasteiger charge is -2.11. The maximum atomic E-state index is 13.6. The van der Waals surface area contributed by atoms with Gasteiger partial charge in [-0.25, -0.2) is 18.0 Å². The van der Waals surface area contributed by atoms with Gasteiger partial charge in [0.25, 0.3) is 6.43 Å². The van der Waals surface area contributed by atoms with Crippen LogP contribution in [-0.2, 0) is 11.3 Å². The third-order valence-corrected chi connectivity index (χ3v) is 4.77. The minimum atomic E-state index is -2.90. The van der Waals surface area contributed by atoms with Crippen LogP contribution in [0, 0.1) is 5.82 Å². The number of likely N-dealkylation sites (N-methyl/N-ethyl adjacent to an activating group) is 1. The van der Waals surface area contributed by atoms with Crippen molar-refractivity contribution in [1.29, 1.82) is 0 Å². The summed E-state index contributed by atoms with van der Waals surface area (Å²) < 4.78 is 46.6.